The Bertz CT molecular complexity index is 645. The van der Waals surface area contributed by atoms with E-state index in [4.69, 9.17) is 0 Å². The maximum atomic E-state index is 13.9. The Morgan fingerprint density at radius 1 is 1.19 bits per heavy atom. The average Bonchev–Trinajstić information content (AvgIpc) is 2.47. The topological polar surface area (TPSA) is 55.2 Å². The van der Waals surface area contributed by atoms with E-state index in [1.165, 1.54) is 24.3 Å². The van der Waals surface area contributed by atoms with Crippen molar-refractivity contribution in [2.75, 3.05) is 5.32 Å². The highest BCUT2D eigenvalue weighted by Crippen LogP contribution is 2.26. The van der Waals surface area contributed by atoms with Crippen LogP contribution in [0.2, 0.25) is 0 Å². The summed E-state index contributed by atoms with van der Waals surface area (Å²) < 4.78 is 26.8. The number of anilines is 1. The van der Waals surface area contributed by atoms with Crippen molar-refractivity contribution in [2.24, 2.45) is 0 Å². The molecular formula is C15H14F2N2O2. The lowest BCUT2D eigenvalue weighted by molar-refractivity contribution is -0.385. The van der Waals surface area contributed by atoms with Crippen molar-refractivity contribution in [1.29, 1.82) is 0 Å². The van der Waals surface area contributed by atoms with E-state index in [0.717, 1.165) is 11.6 Å². The Hall–Kier alpha value is -2.50. The molecule has 0 saturated heterocycles. The van der Waals surface area contributed by atoms with Crippen LogP contribution in [0.4, 0.5) is 20.2 Å². The van der Waals surface area contributed by atoms with E-state index in [9.17, 15) is 18.9 Å². The van der Waals surface area contributed by atoms with Gasteiger partial charge in [-0.15, -0.1) is 0 Å². The molecule has 0 fully saturated rings. The van der Waals surface area contributed by atoms with Gasteiger partial charge in [0.15, 0.2) is 5.82 Å². The van der Waals surface area contributed by atoms with Crippen LogP contribution < -0.4 is 5.32 Å². The number of benzene rings is 2. The van der Waals surface area contributed by atoms with Crippen LogP contribution in [-0.2, 0) is 0 Å². The second-order valence-corrected chi connectivity index (χ2v) is 4.58. The molecule has 0 amide bonds. The molecule has 0 aliphatic heterocycles. The Morgan fingerprint density at radius 3 is 2.38 bits per heavy atom. The molecule has 1 atom stereocenters. The number of nitro benzene ring substituents is 1. The predicted molar refractivity (Wildman–Crippen MR) is 76.1 cm³/mol. The lowest BCUT2D eigenvalue weighted by atomic mass is 10.0. The zero-order valence-electron chi connectivity index (χ0n) is 11.3. The third kappa shape index (κ3) is 3.53. The number of non-ortho nitro benzene ring substituents is 1. The van der Waals surface area contributed by atoms with Gasteiger partial charge >= 0.3 is 0 Å². The standard InChI is InChI=1S/C15H14F2N2O2/c1-2-14(10-3-5-11(16)6-4-10)18-15-8-7-12(19(20)21)9-13(15)17/h3-9,14,18H,2H2,1H3. The van der Waals surface area contributed by atoms with E-state index < -0.39 is 10.7 Å². The largest absolute Gasteiger partial charge is 0.376 e. The van der Waals surface area contributed by atoms with Crippen molar-refractivity contribution in [2.45, 2.75) is 19.4 Å². The number of rotatable bonds is 5. The first-order valence-corrected chi connectivity index (χ1v) is 6.47. The van der Waals surface area contributed by atoms with Crippen molar-refractivity contribution in [3.8, 4) is 0 Å². The van der Waals surface area contributed by atoms with Gasteiger partial charge in [0.1, 0.15) is 5.82 Å². The smallest absolute Gasteiger partial charge is 0.272 e. The van der Waals surface area contributed by atoms with Gasteiger partial charge < -0.3 is 5.32 Å². The minimum absolute atomic E-state index is 0.178. The third-order valence-electron chi connectivity index (χ3n) is 3.17. The molecule has 110 valence electrons. The minimum atomic E-state index is -0.690. The maximum Gasteiger partial charge on any atom is 0.272 e. The van der Waals surface area contributed by atoms with Gasteiger partial charge in [0.25, 0.3) is 5.69 Å². The van der Waals surface area contributed by atoms with Gasteiger partial charge in [0, 0.05) is 6.07 Å². The molecule has 2 rings (SSSR count). The van der Waals surface area contributed by atoms with Gasteiger partial charge in [0.05, 0.1) is 22.7 Å². The van der Waals surface area contributed by atoms with Crippen molar-refractivity contribution in [3.63, 3.8) is 0 Å². The van der Waals surface area contributed by atoms with Crippen molar-refractivity contribution >= 4 is 11.4 Å². The Labute approximate surface area is 120 Å². The SMILES string of the molecule is CCC(Nc1ccc([N+](=O)[O-])cc1F)c1ccc(F)cc1. The number of halogens is 2. The average molecular weight is 292 g/mol. The highest BCUT2D eigenvalue weighted by molar-refractivity contribution is 5.51. The molecular weight excluding hydrogens is 278 g/mol. The highest BCUT2D eigenvalue weighted by Gasteiger charge is 2.14. The van der Waals surface area contributed by atoms with Crippen LogP contribution in [0.25, 0.3) is 0 Å². The van der Waals surface area contributed by atoms with Crippen LogP contribution in [-0.4, -0.2) is 4.92 Å². The van der Waals surface area contributed by atoms with E-state index >= 15 is 0 Å². The summed E-state index contributed by atoms with van der Waals surface area (Å²) >= 11 is 0. The summed E-state index contributed by atoms with van der Waals surface area (Å²) in [5.41, 5.74) is 0.696. The lowest BCUT2D eigenvalue weighted by Crippen LogP contribution is -2.11. The van der Waals surface area contributed by atoms with Crippen LogP contribution in [0.1, 0.15) is 24.9 Å². The number of hydrogen-bond donors (Lipinski definition) is 1. The molecule has 0 aliphatic carbocycles. The van der Waals surface area contributed by atoms with Crippen molar-refractivity contribution in [1.82, 2.24) is 0 Å². The molecule has 0 bridgehead atoms. The monoisotopic (exact) mass is 292 g/mol. The summed E-state index contributed by atoms with van der Waals surface area (Å²) in [6, 6.07) is 9.17. The summed E-state index contributed by atoms with van der Waals surface area (Å²) in [5.74, 6) is -1.03. The highest BCUT2D eigenvalue weighted by atomic mass is 19.1. The summed E-state index contributed by atoms with van der Waals surface area (Å²) in [6.45, 7) is 1.91. The Kier molecular flexibility index (Phi) is 4.47. The molecule has 0 saturated carbocycles. The van der Waals surface area contributed by atoms with Crippen LogP contribution in [0, 0.1) is 21.7 Å². The van der Waals surface area contributed by atoms with Crippen molar-refractivity contribution in [3.05, 3.63) is 69.8 Å². The fourth-order valence-electron chi connectivity index (χ4n) is 2.04. The fourth-order valence-corrected chi connectivity index (χ4v) is 2.04. The molecule has 1 unspecified atom stereocenters. The zero-order chi connectivity index (χ0) is 15.4. The van der Waals surface area contributed by atoms with E-state index in [0.29, 0.717) is 6.42 Å². The normalized spacial score (nSPS) is 12.0. The Morgan fingerprint density at radius 2 is 1.86 bits per heavy atom. The zero-order valence-corrected chi connectivity index (χ0v) is 11.3. The molecule has 1 N–H and O–H groups in total. The number of nitrogens with zero attached hydrogens (tertiary/aromatic N) is 1. The summed E-state index contributed by atoms with van der Waals surface area (Å²) in [6.07, 6.45) is 0.655. The van der Waals surface area contributed by atoms with Gasteiger partial charge in [-0.2, -0.15) is 0 Å². The van der Waals surface area contributed by atoms with Crippen LogP contribution >= 0.6 is 0 Å². The molecule has 4 nitrogen and oxygen atoms in total. The minimum Gasteiger partial charge on any atom is -0.376 e. The first-order chi connectivity index (χ1) is 10.0. The van der Waals surface area contributed by atoms with Crippen LogP contribution in [0.15, 0.2) is 42.5 Å². The first kappa shape index (κ1) is 14.9. The maximum absolute atomic E-state index is 13.9. The molecule has 2 aromatic rings. The van der Waals surface area contributed by atoms with Gasteiger partial charge in [0.2, 0.25) is 0 Å². The predicted octanol–water partition coefficient (Wildman–Crippen LogP) is 4.44. The molecule has 0 aromatic heterocycles. The van der Waals surface area contributed by atoms with Crippen molar-refractivity contribution < 1.29 is 13.7 Å². The van der Waals surface area contributed by atoms with Crippen LogP contribution in [0.5, 0.6) is 0 Å². The molecule has 6 heteroatoms. The summed E-state index contributed by atoms with van der Waals surface area (Å²) in [7, 11) is 0. The number of nitro groups is 1. The lowest BCUT2D eigenvalue weighted by Gasteiger charge is -2.19. The summed E-state index contributed by atoms with van der Waals surface area (Å²) in [5, 5.41) is 13.6. The molecule has 2 aromatic carbocycles. The fraction of sp³-hybridized carbons (Fsp3) is 0.200. The Balaban J connectivity index is 2.22. The van der Waals surface area contributed by atoms with Crippen LogP contribution in [0.3, 0.4) is 0 Å². The third-order valence-corrected chi connectivity index (χ3v) is 3.17. The molecule has 0 heterocycles. The second-order valence-electron chi connectivity index (χ2n) is 4.58. The molecule has 21 heavy (non-hydrogen) atoms. The van der Waals surface area contributed by atoms with Gasteiger partial charge in [-0.3, -0.25) is 10.1 Å². The quantitative estimate of drug-likeness (QED) is 0.655. The van der Waals surface area contributed by atoms with E-state index in [1.54, 1.807) is 12.1 Å². The molecule has 0 spiro atoms. The number of hydrogen-bond acceptors (Lipinski definition) is 3. The van der Waals surface area contributed by atoms with Gasteiger partial charge in [-0.05, 0) is 30.2 Å². The number of nitrogens with one attached hydrogen (secondary N) is 1. The molecule has 0 aliphatic rings. The first-order valence-electron chi connectivity index (χ1n) is 6.47. The second kappa shape index (κ2) is 6.30. The van der Waals surface area contributed by atoms with Gasteiger partial charge in [-0.1, -0.05) is 19.1 Å². The molecule has 0 radical (unpaired) electrons. The van der Waals surface area contributed by atoms with E-state index in [1.807, 2.05) is 6.92 Å². The summed E-state index contributed by atoms with van der Waals surface area (Å²) in [4.78, 5) is 9.93. The van der Waals surface area contributed by atoms with E-state index in [2.05, 4.69) is 5.32 Å². The van der Waals surface area contributed by atoms with E-state index in [-0.39, 0.29) is 23.2 Å². The van der Waals surface area contributed by atoms with Gasteiger partial charge in [-0.25, -0.2) is 8.78 Å².